The third kappa shape index (κ3) is 3.79. The summed E-state index contributed by atoms with van der Waals surface area (Å²) in [5.74, 6) is 2.10. The lowest BCUT2D eigenvalue weighted by Gasteiger charge is -2.42. The van der Waals surface area contributed by atoms with Crippen LogP contribution in [0.25, 0.3) is 10.9 Å². The predicted molar refractivity (Wildman–Crippen MR) is 122 cm³/mol. The zero-order valence-corrected chi connectivity index (χ0v) is 17.5. The molecule has 1 saturated heterocycles. The van der Waals surface area contributed by atoms with E-state index in [1.165, 1.54) is 0 Å². The highest BCUT2D eigenvalue weighted by atomic mass is 16.3. The monoisotopic (exact) mass is 407 g/mol. The Morgan fingerprint density at radius 3 is 2.97 bits per heavy atom. The summed E-state index contributed by atoms with van der Waals surface area (Å²) in [5.41, 5.74) is 1.90. The maximum absolute atomic E-state index is 12.0. The Morgan fingerprint density at radius 1 is 1.33 bits per heavy atom. The van der Waals surface area contributed by atoms with E-state index in [2.05, 4.69) is 45.0 Å². The zero-order chi connectivity index (χ0) is 21.1. The molecule has 1 aliphatic heterocycles. The molecule has 0 amide bonds. The molecule has 0 radical (unpaired) electrons. The Morgan fingerprint density at radius 2 is 2.20 bits per heavy atom. The number of phenols is 1. The number of anilines is 3. The van der Waals surface area contributed by atoms with Gasteiger partial charge in [0.1, 0.15) is 17.9 Å². The van der Waals surface area contributed by atoms with Gasteiger partial charge in [-0.25, -0.2) is 4.98 Å². The van der Waals surface area contributed by atoms with Crippen molar-refractivity contribution in [1.82, 2.24) is 9.97 Å². The van der Waals surface area contributed by atoms with E-state index in [0.29, 0.717) is 0 Å². The average Bonchev–Trinajstić information content (AvgIpc) is 3.18. The van der Waals surface area contributed by atoms with E-state index in [1.807, 2.05) is 24.4 Å². The first-order valence-electron chi connectivity index (χ1n) is 10.6. The molecule has 3 N–H and O–H groups in total. The molecule has 1 fully saturated rings. The first-order chi connectivity index (χ1) is 14.6. The van der Waals surface area contributed by atoms with Gasteiger partial charge in [0.15, 0.2) is 5.82 Å². The lowest BCUT2D eigenvalue weighted by molar-refractivity contribution is -0.109. The molecule has 0 spiro atoms. The molecule has 1 aromatic carbocycles. The number of carbonyl (C=O) groups is 1. The van der Waals surface area contributed by atoms with E-state index >= 15 is 0 Å². The van der Waals surface area contributed by atoms with Crippen LogP contribution in [-0.4, -0.2) is 53.1 Å². The van der Waals surface area contributed by atoms with Gasteiger partial charge < -0.3 is 30.0 Å². The lowest BCUT2D eigenvalue weighted by Crippen LogP contribution is -2.51. The Labute approximate surface area is 176 Å². The van der Waals surface area contributed by atoms with Crippen LogP contribution in [0, 0.1) is 0 Å². The number of benzene rings is 1. The highest BCUT2D eigenvalue weighted by Gasteiger charge is 2.33. The molecule has 7 nitrogen and oxygen atoms in total. The number of nitrogens with one attached hydrogen (secondary N) is 2. The molecule has 3 heterocycles. The first-order valence-corrected chi connectivity index (χ1v) is 10.6. The molecule has 2 unspecified atom stereocenters. The van der Waals surface area contributed by atoms with Crippen molar-refractivity contribution in [3.63, 3.8) is 0 Å². The van der Waals surface area contributed by atoms with E-state index in [4.69, 9.17) is 0 Å². The third-order valence-corrected chi connectivity index (χ3v) is 5.88. The van der Waals surface area contributed by atoms with Gasteiger partial charge in [-0.1, -0.05) is 0 Å². The van der Waals surface area contributed by atoms with Gasteiger partial charge in [0.05, 0.1) is 17.2 Å². The highest BCUT2D eigenvalue weighted by Crippen LogP contribution is 2.33. The van der Waals surface area contributed by atoms with Gasteiger partial charge in [0, 0.05) is 43.3 Å². The van der Waals surface area contributed by atoms with Crippen LogP contribution in [0.2, 0.25) is 0 Å². The number of piperidine rings is 1. The number of nitrogens with zero attached hydrogens (tertiary/aromatic N) is 3. The Hall–Kier alpha value is -3.22. The van der Waals surface area contributed by atoms with Crippen molar-refractivity contribution in [3.05, 3.63) is 42.6 Å². The molecule has 4 rings (SSSR count). The van der Waals surface area contributed by atoms with Crippen molar-refractivity contribution in [2.75, 3.05) is 34.8 Å². The zero-order valence-electron chi connectivity index (χ0n) is 17.5. The van der Waals surface area contributed by atoms with Gasteiger partial charge in [-0.15, -0.1) is 0 Å². The van der Waals surface area contributed by atoms with Crippen LogP contribution in [0.15, 0.2) is 42.6 Å². The second kappa shape index (κ2) is 8.65. The fraction of sp³-hybridized carbons (Fsp3) is 0.391. The minimum Gasteiger partial charge on any atom is -0.508 e. The number of aromatic amines is 1. The Balaban J connectivity index is 1.57. The number of pyridine rings is 1. The second-order valence-electron chi connectivity index (χ2n) is 7.69. The molecular formula is C23H29N5O2. The molecule has 0 aliphatic carbocycles. The van der Waals surface area contributed by atoms with E-state index < -0.39 is 0 Å². The quantitative estimate of drug-likeness (QED) is 0.517. The molecule has 3 aromatic rings. The van der Waals surface area contributed by atoms with Crippen molar-refractivity contribution in [1.29, 1.82) is 0 Å². The predicted octanol–water partition coefficient (Wildman–Crippen LogP) is 3.76. The molecule has 2 aromatic heterocycles. The third-order valence-electron chi connectivity index (χ3n) is 5.88. The van der Waals surface area contributed by atoms with Crippen molar-refractivity contribution >= 4 is 34.5 Å². The van der Waals surface area contributed by atoms with E-state index in [0.717, 1.165) is 67.0 Å². The second-order valence-corrected chi connectivity index (χ2v) is 7.69. The number of rotatable bonds is 7. The molecule has 0 bridgehead atoms. The Kier molecular flexibility index (Phi) is 5.79. The summed E-state index contributed by atoms with van der Waals surface area (Å²) in [7, 11) is 0. The van der Waals surface area contributed by atoms with Crippen LogP contribution in [0.1, 0.15) is 26.7 Å². The molecular weight excluding hydrogens is 378 g/mol. The number of H-pyrrole nitrogens is 1. The summed E-state index contributed by atoms with van der Waals surface area (Å²) in [5, 5.41) is 14.2. The summed E-state index contributed by atoms with van der Waals surface area (Å²) < 4.78 is 0. The molecule has 7 heteroatoms. The van der Waals surface area contributed by atoms with Crippen LogP contribution in [-0.2, 0) is 4.79 Å². The molecule has 30 heavy (non-hydrogen) atoms. The average molecular weight is 408 g/mol. The van der Waals surface area contributed by atoms with Crippen molar-refractivity contribution in [2.24, 2.45) is 0 Å². The summed E-state index contributed by atoms with van der Waals surface area (Å²) in [6, 6.07) is 11.3. The number of aromatic nitrogens is 2. The van der Waals surface area contributed by atoms with Crippen LogP contribution in [0.3, 0.4) is 0 Å². The van der Waals surface area contributed by atoms with Gasteiger partial charge in [-0.05, 0) is 57.0 Å². The lowest BCUT2D eigenvalue weighted by atomic mass is 9.96. The summed E-state index contributed by atoms with van der Waals surface area (Å²) in [6.45, 7) is 6.65. The number of carbonyl (C=O) groups excluding carboxylic acids is 1. The van der Waals surface area contributed by atoms with Crippen LogP contribution >= 0.6 is 0 Å². The molecule has 2 atom stereocenters. The minimum absolute atomic E-state index is 0.217. The number of hydrogen-bond acceptors (Lipinski definition) is 6. The highest BCUT2D eigenvalue weighted by molar-refractivity contribution is 5.86. The fourth-order valence-corrected chi connectivity index (χ4v) is 4.48. The van der Waals surface area contributed by atoms with Crippen molar-refractivity contribution in [2.45, 2.75) is 38.8 Å². The van der Waals surface area contributed by atoms with Crippen molar-refractivity contribution < 1.29 is 9.90 Å². The van der Waals surface area contributed by atoms with Gasteiger partial charge >= 0.3 is 0 Å². The fourth-order valence-electron chi connectivity index (χ4n) is 4.48. The van der Waals surface area contributed by atoms with E-state index in [-0.39, 0.29) is 17.8 Å². The first kappa shape index (κ1) is 20.1. The van der Waals surface area contributed by atoms with Gasteiger partial charge in [-0.3, -0.25) is 0 Å². The normalized spacial score (nSPS) is 19.1. The van der Waals surface area contributed by atoms with Gasteiger partial charge in [-0.2, -0.15) is 0 Å². The number of phenolic OH excluding ortho intramolecular Hbond substituents is 1. The van der Waals surface area contributed by atoms with E-state index in [9.17, 15) is 9.90 Å². The summed E-state index contributed by atoms with van der Waals surface area (Å²) >= 11 is 0. The molecule has 158 valence electrons. The summed E-state index contributed by atoms with van der Waals surface area (Å²) in [4.78, 5) is 24.5. The molecule has 1 aliphatic rings. The number of aromatic hydroxyl groups is 1. The SMILES string of the molecule is CCNc1cccnc1N(CC)C1CCN(c2cc3ccc(O)cc3[nH]2)C(C=O)C1. The maximum atomic E-state index is 12.0. The minimum atomic E-state index is -0.217. The van der Waals surface area contributed by atoms with Crippen LogP contribution in [0.5, 0.6) is 5.75 Å². The van der Waals surface area contributed by atoms with Gasteiger partial charge in [0.2, 0.25) is 0 Å². The van der Waals surface area contributed by atoms with Crippen LogP contribution in [0.4, 0.5) is 17.3 Å². The van der Waals surface area contributed by atoms with Crippen molar-refractivity contribution in [3.8, 4) is 5.75 Å². The standard InChI is InChI=1S/C23H29N5O2/c1-3-24-20-6-5-10-25-23(20)27(4-2)17-9-11-28(18(13-17)15-29)22-12-16-7-8-19(30)14-21(16)26-22/h5-8,10,12,14-15,17-18,24,26,30H,3-4,9,11,13H2,1-2H3. The molecule has 0 saturated carbocycles. The number of hydrogen-bond donors (Lipinski definition) is 3. The maximum Gasteiger partial charge on any atom is 0.152 e. The summed E-state index contributed by atoms with van der Waals surface area (Å²) in [6.07, 6.45) is 4.54. The van der Waals surface area contributed by atoms with Crippen LogP contribution < -0.4 is 15.1 Å². The largest absolute Gasteiger partial charge is 0.508 e. The van der Waals surface area contributed by atoms with E-state index in [1.54, 1.807) is 12.1 Å². The Bertz CT molecular complexity index is 1020. The topological polar surface area (TPSA) is 84.5 Å². The smallest absolute Gasteiger partial charge is 0.152 e. The number of fused-ring (bicyclic) bond motifs is 1. The van der Waals surface area contributed by atoms with Gasteiger partial charge in [0.25, 0.3) is 0 Å². The number of aldehydes is 1.